The lowest BCUT2D eigenvalue weighted by atomic mass is 10.1. The number of nitrogens with one attached hydrogen (secondary N) is 1. The summed E-state index contributed by atoms with van der Waals surface area (Å²) in [7, 11) is 0. The molecule has 2 nitrogen and oxygen atoms in total. The van der Waals surface area contributed by atoms with Crippen molar-refractivity contribution >= 4 is 11.8 Å². The molecule has 0 aliphatic carbocycles. The molecular weight excluding hydrogens is 264 g/mol. The topological polar surface area (TPSA) is 15.3 Å². The standard InChI is InChI=1S/C17H28N2S/c1-14(10-12-20-3)18-17-9-11-19(13-17)15(2)16-7-5-4-6-8-16/h4-8,14-15,17-18H,9-13H2,1-3H3/t14-,15-,17+/m0/s1. The number of thioether (sulfide) groups is 1. The van der Waals surface area contributed by atoms with E-state index in [0.717, 1.165) is 0 Å². The number of hydrogen-bond donors (Lipinski definition) is 1. The minimum Gasteiger partial charge on any atom is -0.310 e. The Labute approximate surface area is 128 Å². The molecule has 0 spiro atoms. The highest BCUT2D eigenvalue weighted by atomic mass is 32.2. The molecule has 0 aromatic heterocycles. The van der Waals surface area contributed by atoms with E-state index >= 15 is 0 Å². The Hall–Kier alpha value is -0.510. The van der Waals surface area contributed by atoms with E-state index in [-0.39, 0.29) is 0 Å². The van der Waals surface area contributed by atoms with E-state index in [2.05, 4.69) is 60.7 Å². The molecule has 1 aromatic carbocycles. The average Bonchev–Trinajstić information content (AvgIpc) is 2.93. The molecule has 0 bridgehead atoms. The number of likely N-dealkylation sites (tertiary alicyclic amines) is 1. The fourth-order valence-corrected chi connectivity index (χ4v) is 3.59. The summed E-state index contributed by atoms with van der Waals surface area (Å²) in [4.78, 5) is 2.61. The SMILES string of the molecule is CSCC[C@H](C)N[C@@H]1CCN([C@@H](C)c2ccccc2)C1. The normalized spacial score (nSPS) is 22.9. The van der Waals surface area contributed by atoms with Gasteiger partial charge in [0.15, 0.2) is 0 Å². The molecule has 1 N–H and O–H groups in total. The maximum Gasteiger partial charge on any atom is 0.0320 e. The Morgan fingerprint density at radius 2 is 2.05 bits per heavy atom. The van der Waals surface area contributed by atoms with Gasteiger partial charge in [0.1, 0.15) is 0 Å². The van der Waals surface area contributed by atoms with Gasteiger partial charge < -0.3 is 5.32 Å². The molecule has 0 radical (unpaired) electrons. The predicted molar refractivity (Wildman–Crippen MR) is 90.4 cm³/mol. The van der Waals surface area contributed by atoms with Crippen LogP contribution < -0.4 is 5.32 Å². The average molecular weight is 292 g/mol. The van der Waals surface area contributed by atoms with Crippen LogP contribution in [0.4, 0.5) is 0 Å². The summed E-state index contributed by atoms with van der Waals surface area (Å²) in [5.41, 5.74) is 1.43. The Balaban J connectivity index is 1.80. The van der Waals surface area contributed by atoms with E-state index < -0.39 is 0 Å². The van der Waals surface area contributed by atoms with Gasteiger partial charge in [0.05, 0.1) is 0 Å². The van der Waals surface area contributed by atoms with Gasteiger partial charge >= 0.3 is 0 Å². The van der Waals surface area contributed by atoms with Gasteiger partial charge in [-0.1, -0.05) is 30.3 Å². The van der Waals surface area contributed by atoms with Crippen molar-refractivity contribution < 1.29 is 0 Å². The van der Waals surface area contributed by atoms with Gasteiger partial charge in [-0.2, -0.15) is 11.8 Å². The monoisotopic (exact) mass is 292 g/mol. The number of hydrogen-bond acceptors (Lipinski definition) is 3. The van der Waals surface area contributed by atoms with Crippen LogP contribution in [0.2, 0.25) is 0 Å². The molecule has 0 unspecified atom stereocenters. The van der Waals surface area contributed by atoms with E-state index in [1.54, 1.807) is 0 Å². The lowest BCUT2D eigenvalue weighted by molar-refractivity contribution is 0.253. The van der Waals surface area contributed by atoms with Crippen molar-refractivity contribution in [1.82, 2.24) is 10.2 Å². The third-order valence-electron chi connectivity index (χ3n) is 4.32. The first-order chi connectivity index (χ1) is 9.70. The Morgan fingerprint density at radius 1 is 1.30 bits per heavy atom. The first-order valence-electron chi connectivity index (χ1n) is 7.74. The van der Waals surface area contributed by atoms with Crippen LogP contribution in [-0.4, -0.2) is 42.1 Å². The largest absolute Gasteiger partial charge is 0.310 e. The summed E-state index contributed by atoms with van der Waals surface area (Å²) in [6, 6.07) is 12.7. The minimum absolute atomic E-state index is 0.532. The molecule has 1 saturated heterocycles. The number of rotatable bonds is 7. The van der Waals surface area contributed by atoms with E-state index in [4.69, 9.17) is 0 Å². The summed E-state index contributed by atoms with van der Waals surface area (Å²) in [6.45, 7) is 7.04. The predicted octanol–water partition coefficient (Wildman–Crippen LogP) is 3.55. The van der Waals surface area contributed by atoms with E-state index in [1.165, 1.54) is 37.2 Å². The van der Waals surface area contributed by atoms with Crippen molar-refractivity contribution in [3.63, 3.8) is 0 Å². The van der Waals surface area contributed by atoms with Gasteiger partial charge in [0.25, 0.3) is 0 Å². The molecule has 1 aliphatic rings. The second-order valence-electron chi connectivity index (χ2n) is 5.92. The zero-order valence-corrected chi connectivity index (χ0v) is 13.8. The molecular formula is C17H28N2S. The molecule has 1 aliphatic heterocycles. The van der Waals surface area contributed by atoms with Crippen LogP contribution in [-0.2, 0) is 0 Å². The molecule has 1 heterocycles. The summed E-state index contributed by atoms with van der Waals surface area (Å²) in [5.74, 6) is 1.25. The molecule has 1 aromatic rings. The summed E-state index contributed by atoms with van der Waals surface area (Å²) in [5, 5.41) is 3.79. The van der Waals surface area contributed by atoms with Crippen LogP contribution in [0, 0.1) is 0 Å². The van der Waals surface area contributed by atoms with Crippen molar-refractivity contribution in [3.05, 3.63) is 35.9 Å². The Morgan fingerprint density at radius 3 is 2.75 bits per heavy atom. The molecule has 2 rings (SSSR count). The van der Waals surface area contributed by atoms with Gasteiger partial charge in [-0.05, 0) is 44.3 Å². The highest BCUT2D eigenvalue weighted by molar-refractivity contribution is 7.98. The third kappa shape index (κ3) is 4.51. The summed E-state index contributed by atoms with van der Waals surface area (Å²) < 4.78 is 0. The zero-order valence-electron chi connectivity index (χ0n) is 13.0. The van der Waals surface area contributed by atoms with Crippen molar-refractivity contribution in [1.29, 1.82) is 0 Å². The summed E-state index contributed by atoms with van der Waals surface area (Å²) in [6.07, 6.45) is 4.73. The van der Waals surface area contributed by atoms with Crippen molar-refractivity contribution in [2.75, 3.05) is 25.1 Å². The first kappa shape index (κ1) is 15.9. The van der Waals surface area contributed by atoms with Crippen molar-refractivity contribution in [2.45, 2.75) is 44.8 Å². The fraction of sp³-hybridized carbons (Fsp3) is 0.647. The van der Waals surface area contributed by atoms with Gasteiger partial charge in [0, 0.05) is 31.2 Å². The smallest absolute Gasteiger partial charge is 0.0320 e. The summed E-state index contributed by atoms with van der Waals surface area (Å²) >= 11 is 1.94. The van der Waals surface area contributed by atoms with Crippen LogP contribution in [0.25, 0.3) is 0 Å². The zero-order chi connectivity index (χ0) is 14.4. The molecule has 1 fully saturated rings. The first-order valence-corrected chi connectivity index (χ1v) is 9.14. The quantitative estimate of drug-likeness (QED) is 0.827. The van der Waals surface area contributed by atoms with Crippen LogP contribution in [0.15, 0.2) is 30.3 Å². The lowest BCUT2D eigenvalue weighted by Gasteiger charge is -2.25. The number of nitrogens with zero attached hydrogens (tertiary/aromatic N) is 1. The van der Waals surface area contributed by atoms with E-state index in [0.29, 0.717) is 18.1 Å². The number of benzene rings is 1. The van der Waals surface area contributed by atoms with Crippen molar-refractivity contribution in [2.24, 2.45) is 0 Å². The second kappa shape index (κ2) is 8.06. The maximum absolute atomic E-state index is 3.79. The maximum atomic E-state index is 3.79. The second-order valence-corrected chi connectivity index (χ2v) is 6.90. The Kier molecular flexibility index (Phi) is 6.40. The molecule has 3 atom stereocenters. The highest BCUT2D eigenvalue weighted by Gasteiger charge is 2.27. The molecule has 0 saturated carbocycles. The molecule has 112 valence electrons. The minimum atomic E-state index is 0.532. The third-order valence-corrected chi connectivity index (χ3v) is 4.97. The van der Waals surface area contributed by atoms with Gasteiger partial charge in [-0.3, -0.25) is 4.90 Å². The molecule has 0 amide bonds. The van der Waals surface area contributed by atoms with Crippen LogP contribution in [0.3, 0.4) is 0 Å². The highest BCUT2D eigenvalue weighted by Crippen LogP contribution is 2.24. The van der Waals surface area contributed by atoms with Crippen LogP contribution >= 0.6 is 11.8 Å². The van der Waals surface area contributed by atoms with E-state index in [1.807, 2.05) is 11.8 Å². The lowest BCUT2D eigenvalue weighted by Crippen LogP contribution is -2.39. The van der Waals surface area contributed by atoms with Crippen LogP contribution in [0.1, 0.15) is 38.3 Å². The fourth-order valence-electron chi connectivity index (χ4n) is 3.00. The van der Waals surface area contributed by atoms with Gasteiger partial charge in [-0.25, -0.2) is 0 Å². The van der Waals surface area contributed by atoms with Gasteiger partial charge in [0.2, 0.25) is 0 Å². The molecule has 3 heteroatoms. The van der Waals surface area contributed by atoms with Crippen LogP contribution in [0.5, 0.6) is 0 Å². The van der Waals surface area contributed by atoms with Gasteiger partial charge in [-0.15, -0.1) is 0 Å². The molecule has 20 heavy (non-hydrogen) atoms. The van der Waals surface area contributed by atoms with E-state index in [9.17, 15) is 0 Å². The van der Waals surface area contributed by atoms with Crippen molar-refractivity contribution in [3.8, 4) is 0 Å². The Bertz CT molecular complexity index is 382.